The minimum atomic E-state index is -0.418. The first-order chi connectivity index (χ1) is 11.2. The van der Waals surface area contributed by atoms with Crippen molar-refractivity contribution in [2.24, 2.45) is 0 Å². The lowest BCUT2D eigenvalue weighted by atomic mass is 9.98. The number of hydrogen-bond acceptors (Lipinski definition) is 3. The van der Waals surface area contributed by atoms with Gasteiger partial charge in [0.2, 0.25) is 0 Å². The minimum absolute atomic E-state index is 0.0260. The van der Waals surface area contributed by atoms with E-state index in [0.29, 0.717) is 38.8 Å². The van der Waals surface area contributed by atoms with Crippen molar-refractivity contribution in [2.45, 2.75) is 37.9 Å². The second-order valence-electron chi connectivity index (χ2n) is 6.43. The zero-order chi connectivity index (χ0) is 16.1. The van der Waals surface area contributed by atoms with Crippen LogP contribution in [0.25, 0.3) is 0 Å². The molecule has 2 amide bonds. The fraction of sp³-hybridized carbons (Fsp3) is 0.611. The van der Waals surface area contributed by atoms with E-state index in [1.165, 1.54) is 5.56 Å². The summed E-state index contributed by atoms with van der Waals surface area (Å²) in [5.74, 6) is 0.0277. The highest BCUT2D eigenvalue weighted by Crippen LogP contribution is 2.31. The molecule has 23 heavy (non-hydrogen) atoms. The van der Waals surface area contributed by atoms with Gasteiger partial charge in [-0.25, -0.2) is 4.79 Å². The third-order valence-corrected chi connectivity index (χ3v) is 4.85. The number of urea groups is 1. The average molecular weight is 318 g/mol. The normalized spacial score (nSPS) is 21.3. The Hall–Kier alpha value is -1.59. The van der Waals surface area contributed by atoms with E-state index in [2.05, 4.69) is 36.5 Å². The zero-order valence-corrected chi connectivity index (χ0v) is 13.8. The first kappa shape index (κ1) is 16.3. The van der Waals surface area contributed by atoms with Crippen LogP contribution in [0, 0.1) is 0 Å². The molecule has 1 spiro atoms. The van der Waals surface area contributed by atoms with E-state index in [9.17, 15) is 4.79 Å². The Bertz CT molecular complexity index is 504. The van der Waals surface area contributed by atoms with Crippen molar-refractivity contribution in [3.8, 4) is 0 Å². The molecule has 0 aliphatic carbocycles. The molecule has 1 atom stereocenters. The molecule has 1 unspecified atom stereocenters. The van der Waals surface area contributed by atoms with Crippen LogP contribution in [0.1, 0.15) is 37.7 Å². The maximum Gasteiger partial charge on any atom is 0.317 e. The van der Waals surface area contributed by atoms with Gasteiger partial charge < -0.3 is 19.7 Å². The van der Waals surface area contributed by atoms with Crippen molar-refractivity contribution in [2.75, 3.05) is 32.8 Å². The van der Waals surface area contributed by atoms with Gasteiger partial charge in [-0.1, -0.05) is 37.3 Å². The fourth-order valence-corrected chi connectivity index (χ4v) is 3.29. The zero-order valence-electron chi connectivity index (χ0n) is 13.8. The standard InChI is InChI=1S/C18H26N2O3/c1-15(16-5-3-2-4-6-16)7-10-19-17(21)20-11-8-18(9-12-20)22-13-14-23-18/h2-6,15H,7-14H2,1H3,(H,19,21). The summed E-state index contributed by atoms with van der Waals surface area (Å²) in [6.07, 6.45) is 2.47. The lowest BCUT2D eigenvalue weighted by molar-refractivity contribution is -0.181. The molecular formula is C18H26N2O3. The Morgan fingerprint density at radius 3 is 2.52 bits per heavy atom. The van der Waals surface area contributed by atoms with Crippen LogP contribution in [0.4, 0.5) is 4.79 Å². The van der Waals surface area contributed by atoms with E-state index in [1.54, 1.807) is 0 Å². The van der Waals surface area contributed by atoms with Gasteiger partial charge in [0, 0.05) is 32.5 Å². The Kier molecular flexibility index (Phi) is 5.18. The van der Waals surface area contributed by atoms with Crippen molar-refractivity contribution >= 4 is 6.03 Å². The van der Waals surface area contributed by atoms with Crippen molar-refractivity contribution in [3.63, 3.8) is 0 Å². The van der Waals surface area contributed by atoms with Crippen LogP contribution in [-0.2, 0) is 9.47 Å². The summed E-state index contributed by atoms with van der Waals surface area (Å²) in [5.41, 5.74) is 1.32. The molecule has 2 aliphatic heterocycles. The lowest BCUT2D eigenvalue weighted by Crippen LogP contribution is -2.50. The van der Waals surface area contributed by atoms with Gasteiger partial charge in [-0.2, -0.15) is 0 Å². The van der Waals surface area contributed by atoms with Gasteiger partial charge in [-0.15, -0.1) is 0 Å². The molecule has 1 aromatic rings. The minimum Gasteiger partial charge on any atom is -0.347 e. The highest BCUT2D eigenvalue weighted by Gasteiger charge is 2.40. The number of carbonyl (C=O) groups excluding carboxylic acids is 1. The monoisotopic (exact) mass is 318 g/mol. The molecular weight excluding hydrogens is 292 g/mol. The van der Waals surface area contributed by atoms with Gasteiger partial charge in [0.25, 0.3) is 0 Å². The Balaban J connectivity index is 1.38. The fourth-order valence-electron chi connectivity index (χ4n) is 3.29. The summed E-state index contributed by atoms with van der Waals surface area (Å²) in [6, 6.07) is 10.4. The number of likely N-dealkylation sites (tertiary alicyclic amines) is 1. The van der Waals surface area contributed by atoms with Crippen molar-refractivity contribution in [1.82, 2.24) is 10.2 Å². The number of ether oxygens (including phenoxy) is 2. The van der Waals surface area contributed by atoms with E-state index >= 15 is 0 Å². The number of hydrogen-bond donors (Lipinski definition) is 1. The predicted molar refractivity (Wildman–Crippen MR) is 88.3 cm³/mol. The van der Waals surface area contributed by atoms with Gasteiger partial charge in [0.1, 0.15) is 0 Å². The maximum absolute atomic E-state index is 12.3. The average Bonchev–Trinajstić information content (AvgIpc) is 3.04. The lowest BCUT2D eigenvalue weighted by Gasteiger charge is -2.37. The first-order valence-electron chi connectivity index (χ1n) is 8.54. The van der Waals surface area contributed by atoms with Gasteiger partial charge >= 0.3 is 6.03 Å². The highest BCUT2D eigenvalue weighted by atomic mass is 16.7. The first-order valence-corrected chi connectivity index (χ1v) is 8.54. The Morgan fingerprint density at radius 2 is 1.87 bits per heavy atom. The van der Waals surface area contributed by atoms with Crippen LogP contribution in [-0.4, -0.2) is 49.6 Å². The molecule has 2 saturated heterocycles. The SMILES string of the molecule is CC(CCNC(=O)N1CCC2(CC1)OCCO2)c1ccccc1. The quantitative estimate of drug-likeness (QED) is 0.929. The third-order valence-electron chi connectivity index (χ3n) is 4.85. The van der Waals surface area contributed by atoms with Gasteiger partial charge in [0.15, 0.2) is 5.79 Å². The Morgan fingerprint density at radius 1 is 1.22 bits per heavy atom. The number of benzene rings is 1. The number of nitrogens with one attached hydrogen (secondary N) is 1. The molecule has 1 aromatic carbocycles. The molecule has 5 nitrogen and oxygen atoms in total. The number of rotatable bonds is 4. The molecule has 5 heteroatoms. The molecule has 0 bridgehead atoms. The third kappa shape index (κ3) is 4.03. The van der Waals surface area contributed by atoms with Crippen LogP contribution < -0.4 is 5.32 Å². The van der Waals surface area contributed by atoms with Gasteiger partial charge in [-0.3, -0.25) is 0 Å². The van der Waals surface area contributed by atoms with Crippen LogP contribution in [0.3, 0.4) is 0 Å². The van der Waals surface area contributed by atoms with Crippen LogP contribution >= 0.6 is 0 Å². The summed E-state index contributed by atoms with van der Waals surface area (Å²) in [6.45, 7) is 5.62. The summed E-state index contributed by atoms with van der Waals surface area (Å²) >= 11 is 0. The smallest absolute Gasteiger partial charge is 0.317 e. The summed E-state index contributed by atoms with van der Waals surface area (Å²) < 4.78 is 11.4. The van der Waals surface area contributed by atoms with E-state index in [-0.39, 0.29) is 6.03 Å². The van der Waals surface area contributed by atoms with E-state index in [4.69, 9.17) is 9.47 Å². The summed E-state index contributed by atoms with van der Waals surface area (Å²) in [4.78, 5) is 14.1. The van der Waals surface area contributed by atoms with Crippen LogP contribution in [0.15, 0.2) is 30.3 Å². The van der Waals surface area contributed by atoms with Crippen LogP contribution in [0.2, 0.25) is 0 Å². The molecule has 0 saturated carbocycles. The summed E-state index contributed by atoms with van der Waals surface area (Å²) in [5, 5.41) is 3.04. The van der Waals surface area contributed by atoms with Crippen LogP contribution in [0.5, 0.6) is 0 Å². The molecule has 0 radical (unpaired) electrons. The van der Waals surface area contributed by atoms with Crippen molar-refractivity contribution in [1.29, 1.82) is 0 Å². The van der Waals surface area contributed by atoms with E-state index in [1.807, 2.05) is 11.0 Å². The van der Waals surface area contributed by atoms with E-state index in [0.717, 1.165) is 19.3 Å². The van der Waals surface area contributed by atoms with Gasteiger partial charge in [0.05, 0.1) is 13.2 Å². The maximum atomic E-state index is 12.3. The largest absolute Gasteiger partial charge is 0.347 e. The molecule has 2 fully saturated rings. The van der Waals surface area contributed by atoms with E-state index < -0.39 is 5.79 Å². The Labute approximate surface area is 137 Å². The highest BCUT2D eigenvalue weighted by molar-refractivity contribution is 5.74. The molecule has 126 valence electrons. The second-order valence-corrected chi connectivity index (χ2v) is 6.43. The summed E-state index contributed by atoms with van der Waals surface area (Å²) in [7, 11) is 0. The molecule has 2 heterocycles. The second kappa shape index (κ2) is 7.32. The topological polar surface area (TPSA) is 50.8 Å². The molecule has 0 aromatic heterocycles. The van der Waals surface area contributed by atoms with Crippen molar-refractivity contribution < 1.29 is 14.3 Å². The number of amides is 2. The van der Waals surface area contributed by atoms with Gasteiger partial charge in [-0.05, 0) is 17.9 Å². The molecule has 1 N–H and O–H groups in total. The number of piperidine rings is 1. The number of nitrogens with zero attached hydrogens (tertiary/aromatic N) is 1. The number of carbonyl (C=O) groups is 1. The predicted octanol–water partition coefficient (Wildman–Crippen LogP) is 2.73. The molecule has 2 aliphatic rings. The van der Waals surface area contributed by atoms with Crippen molar-refractivity contribution in [3.05, 3.63) is 35.9 Å². The molecule has 3 rings (SSSR count).